The lowest BCUT2D eigenvalue weighted by atomic mass is 10.1. The van der Waals surface area contributed by atoms with Crippen LogP contribution >= 0.6 is 0 Å². The summed E-state index contributed by atoms with van der Waals surface area (Å²) in [7, 11) is 0. The molecule has 0 aromatic heterocycles. The van der Waals surface area contributed by atoms with Gasteiger partial charge in [0.25, 0.3) is 0 Å². The molecule has 2 aromatic rings. The monoisotopic (exact) mass is 338 g/mol. The summed E-state index contributed by atoms with van der Waals surface area (Å²) >= 11 is 0. The molecule has 0 spiro atoms. The lowest BCUT2D eigenvalue weighted by Gasteiger charge is -2.23. The van der Waals surface area contributed by atoms with E-state index in [2.05, 4.69) is 5.32 Å². The summed E-state index contributed by atoms with van der Waals surface area (Å²) in [5, 5.41) is 2.93. The van der Waals surface area contributed by atoms with E-state index in [1.807, 2.05) is 64.1 Å². The van der Waals surface area contributed by atoms with E-state index in [9.17, 15) is 9.59 Å². The second-order valence-electron chi connectivity index (χ2n) is 6.58. The Labute approximate surface area is 149 Å². The molecule has 132 valence electrons. The van der Waals surface area contributed by atoms with Gasteiger partial charge in [-0.15, -0.1) is 0 Å². The van der Waals surface area contributed by atoms with E-state index in [-0.39, 0.29) is 18.2 Å². The molecule has 0 saturated heterocycles. The zero-order valence-electron chi connectivity index (χ0n) is 15.6. The van der Waals surface area contributed by atoms with Crippen molar-refractivity contribution in [2.24, 2.45) is 0 Å². The van der Waals surface area contributed by atoms with Crippen LogP contribution in [0.25, 0.3) is 0 Å². The van der Waals surface area contributed by atoms with Gasteiger partial charge in [0.1, 0.15) is 0 Å². The number of nitrogens with zero attached hydrogens (tertiary/aromatic N) is 1. The molecule has 0 saturated carbocycles. The Morgan fingerprint density at radius 1 is 0.920 bits per heavy atom. The summed E-state index contributed by atoms with van der Waals surface area (Å²) < 4.78 is 0. The maximum absolute atomic E-state index is 12.3. The van der Waals surface area contributed by atoms with Crippen molar-refractivity contribution in [3.05, 3.63) is 58.7 Å². The number of aryl methyl sites for hydroxylation is 4. The van der Waals surface area contributed by atoms with Crippen LogP contribution in [0.3, 0.4) is 0 Å². The summed E-state index contributed by atoms with van der Waals surface area (Å²) in [5.74, 6) is -0.156. The second kappa shape index (κ2) is 7.97. The van der Waals surface area contributed by atoms with Gasteiger partial charge < -0.3 is 10.2 Å². The SMILES string of the molecule is CC(=O)N(CCC(=O)Nc1ccc(C)cc1C)c1cc(C)ccc1C. The number of hydrogen-bond donors (Lipinski definition) is 1. The van der Waals surface area contributed by atoms with Crippen molar-refractivity contribution in [1.29, 1.82) is 0 Å². The van der Waals surface area contributed by atoms with Crippen LogP contribution in [0.4, 0.5) is 11.4 Å². The average Bonchev–Trinajstić information content (AvgIpc) is 2.53. The highest BCUT2D eigenvalue weighted by molar-refractivity contribution is 5.95. The molecular weight excluding hydrogens is 312 g/mol. The Kier molecular flexibility index (Phi) is 5.97. The number of rotatable bonds is 5. The summed E-state index contributed by atoms with van der Waals surface area (Å²) in [6.45, 7) is 9.85. The van der Waals surface area contributed by atoms with Crippen LogP contribution in [0.15, 0.2) is 36.4 Å². The Morgan fingerprint density at radius 3 is 2.20 bits per heavy atom. The molecular formula is C21H26N2O2. The second-order valence-corrected chi connectivity index (χ2v) is 6.58. The maximum Gasteiger partial charge on any atom is 0.226 e. The van der Waals surface area contributed by atoms with Gasteiger partial charge in [0.2, 0.25) is 11.8 Å². The van der Waals surface area contributed by atoms with E-state index in [0.29, 0.717) is 6.54 Å². The molecule has 25 heavy (non-hydrogen) atoms. The minimum atomic E-state index is -0.0940. The zero-order chi connectivity index (χ0) is 18.6. The van der Waals surface area contributed by atoms with Gasteiger partial charge in [0, 0.05) is 31.3 Å². The minimum absolute atomic E-state index is 0.0620. The smallest absolute Gasteiger partial charge is 0.226 e. The third-order valence-electron chi connectivity index (χ3n) is 4.25. The third-order valence-corrected chi connectivity index (χ3v) is 4.25. The fraction of sp³-hybridized carbons (Fsp3) is 0.333. The normalized spacial score (nSPS) is 10.4. The van der Waals surface area contributed by atoms with E-state index < -0.39 is 0 Å². The predicted molar refractivity (Wildman–Crippen MR) is 103 cm³/mol. The molecule has 2 aromatic carbocycles. The van der Waals surface area contributed by atoms with E-state index in [1.165, 1.54) is 6.92 Å². The number of amides is 2. The first-order chi connectivity index (χ1) is 11.8. The molecule has 0 atom stereocenters. The summed E-state index contributed by atoms with van der Waals surface area (Å²) in [4.78, 5) is 26.0. The molecule has 4 heteroatoms. The van der Waals surface area contributed by atoms with Crippen molar-refractivity contribution < 1.29 is 9.59 Å². The van der Waals surface area contributed by atoms with Crippen LogP contribution in [0.5, 0.6) is 0 Å². The molecule has 2 rings (SSSR count). The van der Waals surface area contributed by atoms with Gasteiger partial charge in [-0.05, 0) is 56.5 Å². The van der Waals surface area contributed by atoms with E-state index >= 15 is 0 Å². The summed E-state index contributed by atoms with van der Waals surface area (Å²) in [6.07, 6.45) is 0.250. The molecule has 0 aliphatic carbocycles. The van der Waals surface area contributed by atoms with E-state index in [0.717, 1.165) is 33.6 Å². The third kappa shape index (κ3) is 4.92. The maximum atomic E-state index is 12.3. The van der Waals surface area contributed by atoms with Crippen LogP contribution < -0.4 is 10.2 Å². The van der Waals surface area contributed by atoms with Crippen LogP contribution in [-0.2, 0) is 9.59 Å². The van der Waals surface area contributed by atoms with Crippen molar-refractivity contribution in [1.82, 2.24) is 0 Å². The van der Waals surface area contributed by atoms with Crippen molar-refractivity contribution in [2.75, 3.05) is 16.8 Å². The molecule has 2 amide bonds. The van der Waals surface area contributed by atoms with Crippen molar-refractivity contribution >= 4 is 23.2 Å². The van der Waals surface area contributed by atoms with Gasteiger partial charge in [-0.2, -0.15) is 0 Å². The van der Waals surface area contributed by atoms with Gasteiger partial charge in [-0.1, -0.05) is 29.8 Å². The highest BCUT2D eigenvalue weighted by Gasteiger charge is 2.16. The molecule has 0 aliphatic heterocycles. The summed E-state index contributed by atoms with van der Waals surface area (Å²) in [5.41, 5.74) is 5.99. The number of carbonyl (C=O) groups is 2. The predicted octanol–water partition coefficient (Wildman–Crippen LogP) is 4.30. The van der Waals surface area contributed by atoms with Gasteiger partial charge in [-0.25, -0.2) is 0 Å². The van der Waals surface area contributed by atoms with E-state index in [1.54, 1.807) is 4.90 Å². The fourth-order valence-electron chi connectivity index (χ4n) is 2.84. The van der Waals surface area contributed by atoms with Gasteiger partial charge >= 0.3 is 0 Å². The number of hydrogen-bond acceptors (Lipinski definition) is 2. The minimum Gasteiger partial charge on any atom is -0.326 e. The molecule has 0 unspecified atom stereocenters. The largest absolute Gasteiger partial charge is 0.326 e. The Bertz CT molecular complexity index is 796. The molecule has 0 bridgehead atoms. The van der Waals surface area contributed by atoms with Crippen molar-refractivity contribution in [3.63, 3.8) is 0 Å². The Balaban J connectivity index is 2.07. The van der Waals surface area contributed by atoms with Crippen LogP contribution in [0.1, 0.15) is 35.6 Å². The Hall–Kier alpha value is -2.62. The number of carbonyl (C=O) groups excluding carboxylic acids is 2. The topological polar surface area (TPSA) is 49.4 Å². The van der Waals surface area contributed by atoms with Crippen LogP contribution in [-0.4, -0.2) is 18.4 Å². The molecule has 0 radical (unpaired) electrons. The zero-order valence-corrected chi connectivity index (χ0v) is 15.6. The van der Waals surface area contributed by atoms with Crippen molar-refractivity contribution in [2.45, 2.75) is 41.0 Å². The van der Waals surface area contributed by atoms with Gasteiger partial charge in [0.05, 0.1) is 0 Å². The molecule has 0 aliphatic rings. The first-order valence-corrected chi connectivity index (χ1v) is 8.50. The first-order valence-electron chi connectivity index (χ1n) is 8.50. The lowest BCUT2D eigenvalue weighted by Crippen LogP contribution is -2.32. The number of anilines is 2. The number of nitrogens with one attached hydrogen (secondary N) is 1. The van der Waals surface area contributed by atoms with Crippen molar-refractivity contribution in [3.8, 4) is 0 Å². The standard InChI is InChI=1S/C21H26N2O2/c1-14-7-9-19(17(4)12-14)22-21(25)10-11-23(18(5)24)20-13-15(2)6-8-16(20)3/h6-9,12-13H,10-11H2,1-5H3,(H,22,25). The van der Waals surface area contributed by atoms with E-state index in [4.69, 9.17) is 0 Å². The first kappa shape index (κ1) is 18.7. The lowest BCUT2D eigenvalue weighted by molar-refractivity contribution is -0.117. The average molecular weight is 338 g/mol. The number of benzene rings is 2. The van der Waals surface area contributed by atoms with Crippen LogP contribution in [0.2, 0.25) is 0 Å². The molecule has 0 heterocycles. The van der Waals surface area contributed by atoms with Crippen LogP contribution in [0, 0.1) is 27.7 Å². The van der Waals surface area contributed by atoms with Gasteiger partial charge in [-0.3, -0.25) is 9.59 Å². The quantitative estimate of drug-likeness (QED) is 0.883. The molecule has 0 fully saturated rings. The highest BCUT2D eigenvalue weighted by Crippen LogP contribution is 2.22. The summed E-state index contributed by atoms with van der Waals surface area (Å²) in [6, 6.07) is 11.9. The molecule has 4 nitrogen and oxygen atoms in total. The highest BCUT2D eigenvalue weighted by atomic mass is 16.2. The Morgan fingerprint density at radius 2 is 1.56 bits per heavy atom. The fourth-order valence-corrected chi connectivity index (χ4v) is 2.84. The van der Waals surface area contributed by atoms with Gasteiger partial charge in [0.15, 0.2) is 0 Å². The molecule has 1 N–H and O–H groups in total.